The summed E-state index contributed by atoms with van der Waals surface area (Å²) in [6.45, 7) is 1.05. The van der Waals surface area contributed by atoms with Crippen LogP contribution in [0.5, 0.6) is 0 Å². The van der Waals surface area contributed by atoms with Crippen molar-refractivity contribution >= 4 is 40.0 Å². The number of benzene rings is 2. The molecule has 3 heterocycles. The lowest BCUT2D eigenvalue weighted by Gasteiger charge is -2.10. The van der Waals surface area contributed by atoms with E-state index in [1.165, 1.54) is 11.8 Å². The van der Waals surface area contributed by atoms with Crippen molar-refractivity contribution < 1.29 is 9.26 Å². The van der Waals surface area contributed by atoms with Crippen molar-refractivity contribution in [2.24, 2.45) is 0 Å². The van der Waals surface area contributed by atoms with Crippen molar-refractivity contribution in [3.05, 3.63) is 75.7 Å². The van der Waals surface area contributed by atoms with E-state index in [1.54, 1.807) is 11.7 Å². The summed E-state index contributed by atoms with van der Waals surface area (Å²) in [4.78, 5) is 13.1. The summed E-state index contributed by atoms with van der Waals surface area (Å²) in [5, 5.41) is 14.8. The molecule has 0 atom stereocenters. The van der Waals surface area contributed by atoms with Crippen molar-refractivity contribution in [1.29, 1.82) is 0 Å². The van der Waals surface area contributed by atoms with E-state index in [0.717, 1.165) is 16.8 Å². The molecule has 0 aliphatic heterocycles. The Balaban J connectivity index is 1.47. The maximum Gasteiger partial charge on any atom is 0.262 e. The average Bonchev–Trinajstić information content (AvgIpc) is 3.48. The molecule has 8 nitrogen and oxygen atoms in total. The number of para-hydroxylation sites is 1. The molecule has 0 radical (unpaired) electrons. The lowest BCUT2D eigenvalue weighted by atomic mass is 10.1. The Labute approximate surface area is 198 Å². The quantitative estimate of drug-likeness (QED) is 0.235. The molecule has 0 aliphatic rings. The first-order chi connectivity index (χ1) is 16.2. The summed E-state index contributed by atoms with van der Waals surface area (Å²) in [5.74, 6) is 1.73. The van der Waals surface area contributed by atoms with Crippen molar-refractivity contribution in [2.75, 3.05) is 13.7 Å². The first-order valence-corrected chi connectivity index (χ1v) is 11.7. The number of halogens is 1. The van der Waals surface area contributed by atoms with Gasteiger partial charge in [0.25, 0.3) is 5.56 Å². The molecule has 0 fully saturated rings. The molecule has 2 aromatic carbocycles. The Morgan fingerprint density at radius 2 is 1.94 bits per heavy atom. The van der Waals surface area contributed by atoms with Gasteiger partial charge in [-0.15, -0.1) is 10.2 Å². The van der Waals surface area contributed by atoms with Crippen LogP contribution in [0.25, 0.3) is 27.9 Å². The summed E-state index contributed by atoms with van der Waals surface area (Å²) in [5.41, 5.74) is 2.36. The maximum atomic E-state index is 13.1. The molecule has 0 amide bonds. The molecule has 10 heteroatoms. The predicted octanol–water partition coefficient (Wildman–Crippen LogP) is 4.68. The second-order valence-corrected chi connectivity index (χ2v) is 8.79. The molecule has 0 bridgehead atoms. The van der Waals surface area contributed by atoms with Gasteiger partial charge in [0.15, 0.2) is 5.16 Å². The van der Waals surface area contributed by atoms with E-state index in [0.29, 0.717) is 52.4 Å². The van der Waals surface area contributed by atoms with Crippen LogP contribution in [-0.4, -0.2) is 38.0 Å². The fourth-order valence-corrected chi connectivity index (χ4v) is 4.61. The van der Waals surface area contributed by atoms with E-state index in [9.17, 15) is 4.79 Å². The van der Waals surface area contributed by atoms with E-state index in [4.69, 9.17) is 20.9 Å². The number of hydrogen-bond acceptors (Lipinski definition) is 7. The van der Waals surface area contributed by atoms with E-state index in [-0.39, 0.29) is 5.56 Å². The van der Waals surface area contributed by atoms with Crippen LogP contribution in [0.15, 0.2) is 69.1 Å². The van der Waals surface area contributed by atoms with Crippen molar-refractivity contribution in [3.63, 3.8) is 0 Å². The Kier molecular flexibility index (Phi) is 6.17. The van der Waals surface area contributed by atoms with Gasteiger partial charge in [-0.3, -0.25) is 13.8 Å². The van der Waals surface area contributed by atoms with Gasteiger partial charge in [0.05, 0.1) is 16.7 Å². The van der Waals surface area contributed by atoms with Gasteiger partial charge < -0.3 is 9.26 Å². The monoisotopic (exact) mass is 481 g/mol. The van der Waals surface area contributed by atoms with E-state index in [2.05, 4.69) is 15.4 Å². The number of nitrogens with zero attached hydrogens (tertiary/aromatic N) is 5. The lowest BCUT2D eigenvalue weighted by molar-refractivity contribution is 0.190. The van der Waals surface area contributed by atoms with Crippen LogP contribution >= 0.6 is 23.4 Å². The number of thioether (sulfide) groups is 1. The number of fused-ring (bicyclic) bond motifs is 3. The molecule has 168 valence electrons. The van der Waals surface area contributed by atoms with Gasteiger partial charge in [0, 0.05) is 36.9 Å². The fraction of sp³-hybridized carbons (Fsp3) is 0.217. The highest BCUT2D eigenvalue weighted by atomic mass is 35.5. The highest BCUT2D eigenvalue weighted by molar-refractivity contribution is 7.98. The molecule has 3 aromatic heterocycles. The minimum Gasteiger partial charge on any atom is -0.385 e. The third-order valence-corrected chi connectivity index (χ3v) is 6.45. The fourth-order valence-electron chi connectivity index (χ4n) is 3.67. The summed E-state index contributed by atoms with van der Waals surface area (Å²) in [7, 11) is 1.65. The van der Waals surface area contributed by atoms with Crippen LogP contribution in [0.3, 0.4) is 0 Å². The minimum atomic E-state index is -0.0824. The second-order valence-electron chi connectivity index (χ2n) is 7.41. The number of aromatic nitrogens is 5. The molecule has 0 saturated carbocycles. The summed E-state index contributed by atoms with van der Waals surface area (Å²) < 4.78 is 14.3. The summed E-state index contributed by atoms with van der Waals surface area (Å²) in [6, 6.07) is 16.8. The molecule has 0 saturated heterocycles. The SMILES string of the molecule is COCCCn1c(=O)c2ccccc2n2c(SCc3cc(-c4ccc(Cl)cc4)no3)nnc12. The Bertz CT molecular complexity index is 1480. The van der Waals surface area contributed by atoms with E-state index < -0.39 is 0 Å². The third-order valence-electron chi connectivity index (χ3n) is 5.25. The van der Waals surface area contributed by atoms with E-state index >= 15 is 0 Å². The van der Waals surface area contributed by atoms with Gasteiger partial charge >= 0.3 is 0 Å². The maximum absolute atomic E-state index is 13.1. The highest BCUT2D eigenvalue weighted by Crippen LogP contribution is 2.27. The third kappa shape index (κ3) is 4.27. The molecular formula is C23H20ClN5O3S. The predicted molar refractivity (Wildman–Crippen MR) is 128 cm³/mol. The summed E-state index contributed by atoms with van der Waals surface area (Å²) in [6.07, 6.45) is 0.700. The number of aryl methyl sites for hydroxylation is 1. The van der Waals surface area contributed by atoms with Crippen LogP contribution in [0.2, 0.25) is 5.02 Å². The van der Waals surface area contributed by atoms with Crippen LogP contribution in [-0.2, 0) is 17.0 Å². The van der Waals surface area contributed by atoms with Gasteiger partial charge in [-0.05, 0) is 30.7 Å². The van der Waals surface area contributed by atoms with Crippen molar-refractivity contribution in [3.8, 4) is 11.3 Å². The zero-order chi connectivity index (χ0) is 22.8. The molecule has 0 N–H and O–H groups in total. The second kappa shape index (κ2) is 9.38. The number of rotatable bonds is 8. The Morgan fingerprint density at radius 1 is 1.12 bits per heavy atom. The number of ether oxygens (including phenoxy) is 1. The van der Waals surface area contributed by atoms with Gasteiger partial charge in [-0.1, -0.05) is 52.8 Å². The molecular weight excluding hydrogens is 462 g/mol. The molecule has 0 spiro atoms. The molecule has 5 aromatic rings. The van der Waals surface area contributed by atoms with Crippen molar-refractivity contribution in [2.45, 2.75) is 23.9 Å². The molecule has 33 heavy (non-hydrogen) atoms. The smallest absolute Gasteiger partial charge is 0.262 e. The van der Waals surface area contributed by atoms with Crippen LogP contribution in [0, 0.1) is 0 Å². The zero-order valence-electron chi connectivity index (χ0n) is 17.8. The van der Waals surface area contributed by atoms with Gasteiger partial charge in [0.1, 0.15) is 11.5 Å². The van der Waals surface area contributed by atoms with Crippen molar-refractivity contribution in [1.82, 2.24) is 24.3 Å². The largest absolute Gasteiger partial charge is 0.385 e. The highest BCUT2D eigenvalue weighted by Gasteiger charge is 2.17. The molecule has 0 aliphatic carbocycles. The number of hydrogen-bond donors (Lipinski definition) is 0. The minimum absolute atomic E-state index is 0.0824. The standard InChI is InChI=1S/C23H20ClN5O3S/c1-31-12-4-11-28-21(30)18-5-2-3-6-20(18)29-22(28)25-26-23(29)33-14-17-13-19(27-32-17)15-7-9-16(24)10-8-15/h2-3,5-10,13H,4,11-12,14H2,1H3. The topological polar surface area (TPSA) is 87.5 Å². The van der Waals surface area contributed by atoms with Crippen LogP contribution in [0.4, 0.5) is 0 Å². The van der Waals surface area contributed by atoms with Gasteiger partial charge in [-0.25, -0.2) is 0 Å². The Morgan fingerprint density at radius 3 is 2.76 bits per heavy atom. The Hall–Kier alpha value is -3.14. The van der Waals surface area contributed by atoms with Gasteiger partial charge in [-0.2, -0.15) is 0 Å². The van der Waals surface area contributed by atoms with E-state index in [1.807, 2.05) is 59.0 Å². The normalized spacial score (nSPS) is 11.6. The first-order valence-electron chi connectivity index (χ1n) is 10.4. The molecule has 5 rings (SSSR count). The zero-order valence-corrected chi connectivity index (χ0v) is 19.3. The average molecular weight is 482 g/mol. The van der Waals surface area contributed by atoms with Gasteiger partial charge in [0.2, 0.25) is 5.78 Å². The molecule has 0 unspecified atom stereocenters. The number of methoxy groups -OCH3 is 1. The summed E-state index contributed by atoms with van der Waals surface area (Å²) >= 11 is 7.44. The van der Waals surface area contributed by atoms with Crippen LogP contribution < -0.4 is 5.56 Å². The van der Waals surface area contributed by atoms with Crippen LogP contribution in [0.1, 0.15) is 12.2 Å². The lowest BCUT2D eigenvalue weighted by Crippen LogP contribution is -2.24. The first kappa shape index (κ1) is 21.7.